The molecule has 0 saturated heterocycles. The van der Waals surface area contributed by atoms with Crippen molar-refractivity contribution in [3.05, 3.63) is 27.2 Å². The number of halogens is 1. The highest BCUT2D eigenvalue weighted by atomic mass is 79.9. The number of methoxy groups -OCH3 is 1. The average Bonchev–Trinajstić information content (AvgIpc) is 3.04. The van der Waals surface area contributed by atoms with Gasteiger partial charge < -0.3 is 14.2 Å². The third-order valence-electron chi connectivity index (χ3n) is 2.84. The van der Waals surface area contributed by atoms with Gasteiger partial charge in [-0.3, -0.25) is 0 Å². The van der Waals surface area contributed by atoms with E-state index in [1.165, 1.54) is 18.4 Å². The van der Waals surface area contributed by atoms with Crippen LogP contribution in [0.1, 0.15) is 15.4 Å². The molecular weight excluding hydrogens is 346 g/mol. The number of nitrogens with zero attached hydrogens (tertiary/aromatic N) is 1. The normalized spacial score (nSPS) is 12.6. The molecule has 20 heavy (non-hydrogen) atoms. The molecule has 2 aromatic rings. The first kappa shape index (κ1) is 13.4. The summed E-state index contributed by atoms with van der Waals surface area (Å²) in [7, 11) is 1.36. The van der Waals surface area contributed by atoms with Crippen molar-refractivity contribution in [1.29, 1.82) is 0 Å². The van der Waals surface area contributed by atoms with E-state index in [1.807, 2.05) is 12.1 Å². The molecule has 2 heterocycles. The van der Waals surface area contributed by atoms with E-state index in [0.717, 1.165) is 15.0 Å². The first-order valence-corrected chi connectivity index (χ1v) is 7.36. The lowest BCUT2D eigenvalue weighted by Gasteiger charge is -2.02. The summed E-state index contributed by atoms with van der Waals surface area (Å²) in [4.78, 5) is 16.6. The van der Waals surface area contributed by atoms with Crippen molar-refractivity contribution < 1.29 is 19.0 Å². The smallest absolute Gasteiger partial charge is 0.349 e. The Morgan fingerprint density at radius 2 is 2.25 bits per heavy atom. The van der Waals surface area contributed by atoms with Gasteiger partial charge in [0, 0.05) is 5.56 Å². The topological polar surface area (TPSA) is 57.7 Å². The van der Waals surface area contributed by atoms with E-state index < -0.39 is 0 Å². The van der Waals surface area contributed by atoms with Gasteiger partial charge in [0.15, 0.2) is 11.5 Å². The number of rotatable bonds is 2. The Kier molecular flexibility index (Phi) is 3.39. The Morgan fingerprint density at radius 3 is 3.00 bits per heavy atom. The third kappa shape index (κ3) is 2.16. The fourth-order valence-electron chi connectivity index (χ4n) is 1.89. The molecule has 7 heteroatoms. The predicted octanol–water partition coefficient (Wildman–Crippen LogP) is 3.40. The molecule has 1 aliphatic rings. The van der Waals surface area contributed by atoms with Crippen LogP contribution in [0, 0.1) is 6.92 Å². The summed E-state index contributed by atoms with van der Waals surface area (Å²) in [5.41, 5.74) is 1.52. The standard InChI is InChI=1S/C13H10BrNO4S/c1-6-11(13(16)17-2)20-12(15-6)7-3-8(14)10-9(4-7)18-5-19-10/h3-4H,5H2,1-2H3. The van der Waals surface area contributed by atoms with Crippen LogP contribution in [0.25, 0.3) is 10.6 Å². The number of hydrogen-bond acceptors (Lipinski definition) is 6. The van der Waals surface area contributed by atoms with E-state index >= 15 is 0 Å². The van der Waals surface area contributed by atoms with Crippen molar-refractivity contribution in [1.82, 2.24) is 4.98 Å². The summed E-state index contributed by atoms with van der Waals surface area (Å²) >= 11 is 4.74. The van der Waals surface area contributed by atoms with Crippen molar-refractivity contribution in [3.8, 4) is 22.1 Å². The number of aryl methyl sites for hydroxylation is 1. The fraction of sp³-hybridized carbons (Fsp3) is 0.231. The van der Waals surface area contributed by atoms with Gasteiger partial charge in [-0.15, -0.1) is 11.3 Å². The zero-order valence-corrected chi connectivity index (χ0v) is 13.1. The van der Waals surface area contributed by atoms with Crippen LogP contribution in [-0.4, -0.2) is 24.9 Å². The molecule has 1 aliphatic heterocycles. The second kappa shape index (κ2) is 5.06. The first-order chi connectivity index (χ1) is 9.60. The zero-order valence-electron chi connectivity index (χ0n) is 10.7. The number of hydrogen-bond donors (Lipinski definition) is 0. The summed E-state index contributed by atoms with van der Waals surface area (Å²) < 4.78 is 16.3. The maximum absolute atomic E-state index is 11.6. The van der Waals surface area contributed by atoms with E-state index in [0.29, 0.717) is 22.1 Å². The van der Waals surface area contributed by atoms with Crippen LogP contribution in [-0.2, 0) is 4.74 Å². The molecule has 0 aliphatic carbocycles. The molecule has 0 bridgehead atoms. The van der Waals surface area contributed by atoms with Crippen molar-refractivity contribution in [2.75, 3.05) is 13.9 Å². The van der Waals surface area contributed by atoms with Crippen LogP contribution in [0.3, 0.4) is 0 Å². The van der Waals surface area contributed by atoms with Crippen LogP contribution >= 0.6 is 27.3 Å². The van der Waals surface area contributed by atoms with Crippen LogP contribution in [0.15, 0.2) is 16.6 Å². The Hall–Kier alpha value is -1.60. The lowest BCUT2D eigenvalue weighted by molar-refractivity contribution is 0.0605. The lowest BCUT2D eigenvalue weighted by atomic mass is 10.2. The van der Waals surface area contributed by atoms with E-state index in [2.05, 4.69) is 20.9 Å². The molecule has 0 unspecified atom stereocenters. The van der Waals surface area contributed by atoms with Gasteiger partial charge in [0.1, 0.15) is 9.88 Å². The van der Waals surface area contributed by atoms with Gasteiger partial charge in [-0.05, 0) is 35.0 Å². The molecule has 0 spiro atoms. The number of thiazole rings is 1. The third-order valence-corrected chi connectivity index (χ3v) is 4.62. The average molecular weight is 356 g/mol. The second-order valence-corrected chi connectivity index (χ2v) is 5.97. The molecule has 5 nitrogen and oxygen atoms in total. The van der Waals surface area contributed by atoms with Crippen molar-refractivity contribution in [2.45, 2.75) is 6.92 Å². The molecule has 0 amide bonds. The second-order valence-electron chi connectivity index (χ2n) is 4.12. The predicted molar refractivity (Wildman–Crippen MR) is 77.4 cm³/mol. The van der Waals surface area contributed by atoms with Crippen molar-refractivity contribution in [3.63, 3.8) is 0 Å². The van der Waals surface area contributed by atoms with Crippen LogP contribution in [0.5, 0.6) is 11.5 Å². The maximum atomic E-state index is 11.6. The number of aromatic nitrogens is 1. The Bertz CT molecular complexity index is 698. The number of carbonyl (C=O) groups excluding carboxylic acids is 1. The highest BCUT2D eigenvalue weighted by Crippen LogP contribution is 2.43. The van der Waals surface area contributed by atoms with Gasteiger partial charge in [0.2, 0.25) is 6.79 Å². The molecule has 104 valence electrons. The molecule has 1 aromatic heterocycles. The van der Waals surface area contributed by atoms with Gasteiger partial charge >= 0.3 is 5.97 Å². The molecular formula is C13H10BrNO4S. The summed E-state index contributed by atoms with van der Waals surface area (Å²) in [6.45, 7) is 2.00. The van der Waals surface area contributed by atoms with E-state index in [1.54, 1.807) is 6.92 Å². The number of ether oxygens (including phenoxy) is 3. The van der Waals surface area contributed by atoms with Crippen LogP contribution in [0.2, 0.25) is 0 Å². The quantitative estimate of drug-likeness (QED) is 0.772. The molecule has 0 N–H and O–H groups in total. The molecule has 3 rings (SSSR count). The van der Waals surface area contributed by atoms with Gasteiger partial charge in [-0.2, -0.15) is 0 Å². The summed E-state index contributed by atoms with van der Waals surface area (Å²) in [6.07, 6.45) is 0. The van der Waals surface area contributed by atoms with Gasteiger partial charge in [0.25, 0.3) is 0 Å². The van der Waals surface area contributed by atoms with Crippen molar-refractivity contribution in [2.24, 2.45) is 0 Å². The number of esters is 1. The van der Waals surface area contributed by atoms with Gasteiger partial charge in [-0.1, -0.05) is 0 Å². The maximum Gasteiger partial charge on any atom is 0.349 e. The Balaban J connectivity index is 2.06. The molecule has 1 aromatic carbocycles. The minimum absolute atomic E-state index is 0.210. The highest BCUT2D eigenvalue weighted by molar-refractivity contribution is 9.10. The number of fused-ring (bicyclic) bond motifs is 1. The van der Waals surface area contributed by atoms with E-state index in [-0.39, 0.29) is 12.8 Å². The lowest BCUT2D eigenvalue weighted by Crippen LogP contribution is -1.99. The molecule has 0 saturated carbocycles. The number of carbonyl (C=O) groups is 1. The summed E-state index contributed by atoms with van der Waals surface area (Å²) in [6, 6.07) is 3.75. The zero-order chi connectivity index (χ0) is 14.3. The summed E-state index contributed by atoms with van der Waals surface area (Å²) in [5.74, 6) is 0.989. The minimum atomic E-state index is -0.369. The first-order valence-electron chi connectivity index (χ1n) is 5.75. The largest absolute Gasteiger partial charge is 0.465 e. The van der Waals surface area contributed by atoms with Gasteiger partial charge in [-0.25, -0.2) is 9.78 Å². The molecule has 0 atom stereocenters. The SMILES string of the molecule is COC(=O)c1sc(-c2cc(Br)c3c(c2)OCO3)nc1C. The van der Waals surface area contributed by atoms with Crippen LogP contribution < -0.4 is 9.47 Å². The van der Waals surface area contributed by atoms with Crippen molar-refractivity contribution >= 4 is 33.2 Å². The molecule has 0 radical (unpaired) electrons. The Morgan fingerprint density at radius 1 is 1.45 bits per heavy atom. The molecule has 0 fully saturated rings. The van der Waals surface area contributed by atoms with Crippen LogP contribution in [0.4, 0.5) is 0 Å². The minimum Gasteiger partial charge on any atom is -0.465 e. The number of benzene rings is 1. The fourth-order valence-corrected chi connectivity index (χ4v) is 3.42. The van der Waals surface area contributed by atoms with E-state index in [9.17, 15) is 4.79 Å². The monoisotopic (exact) mass is 355 g/mol. The Labute approximate surface area is 127 Å². The van der Waals surface area contributed by atoms with Gasteiger partial charge in [0.05, 0.1) is 17.3 Å². The summed E-state index contributed by atoms with van der Waals surface area (Å²) in [5, 5.41) is 0.738. The highest BCUT2D eigenvalue weighted by Gasteiger charge is 2.21. The van der Waals surface area contributed by atoms with E-state index in [4.69, 9.17) is 14.2 Å².